The van der Waals surface area contributed by atoms with E-state index in [1.54, 1.807) is 18.6 Å². The van der Waals surface area contributed by atoms with Gasteiger partial charge in [0.05, 0.1) is 5.69 Å². The number of nitrogens with one attached hydrogen (secondary N) is 1. The van der Waals surface area contributed by atoms with Crippen LogP contribution in [0.4, 0.5) is 0 Å². The van der Waals surface area contributed by atoms with E-state index in [4.69, 9.17) is 0 Å². The summed E-state index contributed by atoms with van der Waals surface area (Å²) in [6.07, 6.45) is 6.38. The summed E-state index contributed by atoms with van der Waals surface area (Å²) in [6.45, 7) is 7.48. The molecule has 0 aliphatic rings. The molecule has 0 saturated heterocycles. The molecule has 1 aromatic rings. The van der Waals surface area contributed by atoms with Crippen LogP contribution in [0.3, 0.4) is 0 Å². The largest absolute Gasteiger partial charge is 0.308 e. The quantitative estimate of drug-likeness (QED) is 0.777. The molecule has 0 bridgehead atoms. The first-order chi connectivity index (χ1) is 6.74. The van der Waals surface area contributed by atoms with E-state index < -0.39 is 0 Å². The van der Waals surface area contributed by atoms with Gasteiger partial charge >= 0.3 is 0 Å². The normalized spacial score (nSPS) is 13.1. The number of rotatable bonds is 5. The fourth-order valence-electron chi connectivity index (χ4n) is 1.51. The van der Waals surface area contributed by atoms with Gasteiger partial charge < -0.3 is 5.32 Å². The molecule has 1 unspecified atom stereocenters. The van der Waals surface area contributed by atoms with Crippen molar-refractivity contribution in [3.05, 3.63) is 24.3 Å². The van der Waals surface area contributed by atoms with Gasteiger partial charge in [-0.2, -0.15) is 0 Å². The molecule has 0 amide bonds. The van der Waals surface area contributed by atoms with E-state index in [1.807, 2.05) is 0 Å². The highest BCUT2D eigenvalue weighted by molar-refractivity contribution is 4.94. The summed E-state index contributed by atoms with van der Waals surface area (Å²) in [5, 5.41) is 3.48. The van der Waals surface area contributed by atoms with Crippen LogP contribution in [0.2, 0.25) is 0 Å². The average molecular weight is 193 g/mol. The van der Waals surface area contributed by atoms with Gasteiger partial charge in [-0.05, 0) is 12.3 Å². The Morgan fingerprint density at radius 3 is 2.64 bits per heavy atom. The Hall–Kier alpha value is -0.960. The van der Waals surface area contributed by atoms with Crippen molar-refractivity contribution in [2.45, 2.75) is 39.8 Å². The molecule has 1 aromatic heterocycles. The lowest BCUT2D eigenvalue weighted by atomic mass is 10.0. The zero-order chi connectivity index (χ0) is 10.4. The molecule has 0 spiro atoms. The number of nitrogens with zero attached hydrogens (tertiary/aromatic N) is 2. The maximum absolute atomic E-state index is 4.22. The third kappa shape index (κ3) is 3.42. The van der Waals surface area contributed by atoms with Crippen LogP contribution < -0.4 is 5.32 Å². The molecule has 1 rings (SSSR count). The summed E-state index contributed by atoms with van der Waals surface area (Å²) in [7, 11) is 0. The number of hydrogen-bond donors (Lipinski definition) is 1. The lowest BCUT2D eigenvalue weighted by molar-refractivity contribution is 0.385. The highest BCUT2D eigenvalue weighted by atomic mass is 14.9. The first kappa shape index (κ1) is 11.1. The van der Waals surface area contributed by atoms with Crippen LogP contribution in [0.1, 0.15) is 32.9 Å². The minimum atomic E-state index is 0.567. The zero-order valence-electron chi connectivity index (χ0n) is 9.20. The summed E-state index contributed by atoms with van der Waals surface area (Å²) in [5.74, 6) is 0.664. The van der Waals surface area contributed by atoms with Crippen LogP contribution in [0.15, 0.2) is 18.6 Å². The highest BCUT2D eigenvalue weighted by Crippen LogP contribution is 2.05. The molecule has 0 aromatic carbocycles. The Bertz CT molecular complexity index is 246. The molecule has 1 atom stereocenters. The van der Waals surface area contributed by atoms with Crippen LogP contribution in [0.5, 0.6) is 0 Å². The molecule has 0 radical (unpaired) electrons. The predicted octanol–water partition coefficient (Wildman–Crippen LogP) is 2.00. The second kappa shape index (κ2) is 5.70. The minimum Gasteiger partial charge on any atom is -0.308 e. The van der Waals surface area contributed by atoms with Crippen molar-refractivity contribution in [3.63, 3.8) is 0 Å². The molecule has 0 aliphatic carbocycles. The Morgan fingerprint density at radius 2 is 2.14 bits per heavy atom. The second-order valence-electron chi connectivity index (χ2n) is 3.84. The third-order valence-corrected chi connectivity index (χ3v) is 2.41. The smallest absolute Gasteiger partial charge is 0.0724 e. The highest BCUT2D eigenvalue weighted by Gasteiger charge is 2.09. The van der Waals surface area contributed by atoms with Crippen molar-refractivity contribution in [1.29, 1.82) is 0 Å². The predicted molar refractivity (Wildman–Crippen MR) is 57.8 cm³/mol. The standard InChI is InChI=1S/C11H19N3/c1-4-11(9(2)3)14-8-10-7-12-5-6-13-10/h5-7,9,11,14H,4,8H2,1-3H3. The van der Waals surface area contributed by atoms with E-state index in [-0.39, 0.29) is 0 Å². The maximum atomic E-state index is 4.22. The molecular weight excluding hydrogens is 174 g/mol. The molecular formula is C11H19N3. The summed E-state index contributed by atoms with van der Waals surface area (Å²) in [6, 6.07) is 0.567. The van der Waals surface area contributed by atoms with Crippen molar-refractivity contribution in [2.24, 2.45) is 5.92 Å². The van der Waals surface area contributed by atoms with Gasteiger partial charge in [0.1, 0.15) is 0 Å². The van der Waals surface area contributed by atoms with Crippen molar-refractivity contribution < 1.29 is 0 Å². The van der Waals surface area contributed by atoms with Crippen molar-refractivity contribution in [1.82, 2.24) is 15.3 Å². The molecule has 14 heavy (non-hydrogen) atoms. The maximum Gasteiger partial charge on any atom is 0.0724 e. The first-order valence-corrected chi connectivity index (χ1v) is 5.22. The Labute approximate surface area is 86.0 Å². The molecule has 78 valence electrons. The van der Waals surface area contributed by atoms with Gasteiger partial charge in [0.25, 0.3) is 0 Å². The molecule has 3 heteroatoms. The molecule has 1 heterocycles. The van der Waals surface area contributed by atoms with Crippen LogP contribution in [0, 0.1) is 5.92 Å². The fraction of sp³-hybridized carbons (Fsp3) is 0.636. The third-order valence-electron chi connectivity index (χ3n) is 2.41. The first-order valence-electron chi connectivity index (χ1n) is 5.22. The van der Waals surface area contributed by atoms with Crippen LogP contribution in [-0.2, 0) is 6.54 Å². The lowest BCUT2D eigenvalue weighted by Crippen LogP contribution is -2.32. The number of hydrogen-bond acceptors (Lipinski definition) is 3. The van der Waals surface area contributed by atoms with Crippen molar-refractivity contribution >= 4 is 0 Å². The topological polar surface area (TPSA) is 37.8 Å². The number of aromatic nitrogens is 2. The van der Waals surface area contributed by atoms with E-state index >= 15 is 0 Å². The zero-order valence-corrected chi connectivity index (χ0v) is 9.20. The Morgan fingerprint density at radius 1 is 1.36 bits per heavy atom. The van der Waals surface area contributed by atoms with E-state index in [9.17, 15) is 0 Å². The minimum absolute atomic E-state index is 0.567. The monoisotopic (exact) mass is 193 g/mol. The van der Waals surface area contributed by atoms with Gasteiger partial charge in [0, 0.05) is 31.2 Å². The molecule has 0 fully saturated rings. The Kier molecular flexibility index (Phi) is 4.53. The summed E-state index contributed by atoms with van der Waals surface area (Å²) < 4.78 is 0. The van der Waals surface area contributed by atoms with E-state index in [0.717, 1.165) is 18.7 Å². The molecule has 0 saturated carbocycles. The van der Waals surface area contributed by atoms with Crippen LogP contribution in [0.25, 0.3) is 0 Å². The van der Waals surface area contributed by atoms with E-state index in [2.05, 4.69) is 36.1 Å². The van der Waals surface area contributed by atoms with Gasteiger partial charge in [-0.25, -0.2) is 0 Å². The van der Waals surface area contributed by atoms with Crippen LogP contribution >= 0.6 is 0 Å². The fourth-order valence-corrected chi connectivity index (χ4v) is 1.51. The SMILES string of the molecule is CCC(NCc1cnccn1)C(C)C. The molecule has 3 nitrogen and oxygen atoms in total. The average Bonchev–Trinajstić information content (AvgIpc) is 2.20. The van der Waals surface area contributed by atoms with Gasteiger partial charge in [-0.15, -0.1) is 0 Å². The van der Waals surface area contributed by atoms with Gasteiger partial charge in [0.15, 0.2) is 0 Å². The van der Waals surface area contributed by atoms with Crippen LogP contribution in [-0.4, -0.2) is 16.0 Å². The van der Waals surface area contributed by atoms with E-state index in [1.165, 1.54) is 0 Å². The Balaban J connectivity index is 2.40. The van der Waals surface area contributed by atoms with E-state index in [0.29, 0.717) is 12.0 Å². The second-order valence-corrected chi connectivity index (χ2v) is 3.84. The van der Waals surface area contributed by atoms with Crippen molar-refractivity contribution in [3.8, 4) is 0 Å². The summed E-state index contributed by atoms with van der Waals surface area (Å²) in [4.78, 5) is 8.25. The summed E-state index contributed by atoms with van der Waals surface area (Å²) >= 11 is 0. The lowest BCUT2D eigenvalue weighted by Gasteiger charge is -2.20. The molecule has 1 N–H and O–H groups in total. The molecule has 0 aliphatic heterocycles. The van der Waals surface area contributed by atoms with Gasteiger partial charge in [-0.3, -0.25) is 9.97 Å². The summed E-state index contributed by atoms with van der Waals surface area (Å²) in [5.41, 5.74) is 1.01. The van der Waals surface area contributed by atoms with Crippen molar-refractivity contribution in [2.75, 3.05) is 0 Å². The van der Waals surface area contributed by atoms with Gasteiger partial charge in [0.2, 0.25) is 0 Å². The van der Waals surface area contributed by atoms with Gasteiger partial charge in [-0.1, -0.05) is 20.8 Å².